The first-order valence-electron chi connectivity index (χ1n) is 4.33. The van der Waals surface area contributed by atoms with E-state index in [-0.39, 0.29) is 10.7 Å². The van der Waals surface area contributed by atoms with Gasteiger partial charge in [0.15, 0.2) is 0 Å². The molecule has 0 saturated heterocycles. The second-order valence-electron chi connectivity index (χ2n) is 2.95. The molecule has 0 heterocycles. The zero-order valence-corrected chi connectivity index (χ0v) is 10.7. The van der Waals surface area contributed by atoms with Crippen molar-refractivity contribution < 1.29 is 9.53 Å². The number of methoxy groups -OCH3 is 1. The third-order valence-electron chi connectivity index (χ3n) is 1.78. The zero-order chi connectivity index (χ0) is 11.4. The quantitative estimate of drug-likeness (QED) is 0.870. The third kappa shape index (κ3) is 3.39. The maximum Gasteiger partial charge on any atom is 0.237 e. The Kier molecular flexibility index (Phi) is 4.42. The fraction of sp³-hybridized carbons (Fsp3) is 0.300. The number of nitrogens with one attached hydrogen (secondary N) is 1. The number of amides is 1. The summed E-state index contributed by atoms with van der Waals surface area (Å²) in [6.07, 6.45) is 0. The second kappa shape index (κ2) is 5.37. The van der Waals surface area contributed by atoms with Gasteiger partial charge in [0, 0.05) is 5.69 Å². The number of anilines is 1. The summed E-state index contributed by atoms with van der Waals surface area (Å²) in [6.45, 7) is 1.75. The lowest BCUT2D eigenvalue weighted by atomic mass is 10.3. The Morgan fingerprint density at radius 2 is 2.27 bits per heavy atom. The maximum absolute atomic E-state index is 11.3. The van der Waals surface area contributed by atoms with Crippen LogP contribution in [0.1, 0.15) is 6.92 Å². The van der Waals surface area contributed by atoms with Crippen LogP contribution in [0, 0.1) is 0 Å². The van der Waals surface area contributed by atoms with E-state index in [1.165, 1.54) is 0 Å². The van der Waals surface area contributed by atoms with E-state index >= 15 is 0 Å². The molecule has 1 N–H and O–H groups in total. The molecule has 1 rings (SSSR count). The molecule has 0 saturated carbocycles. The molecule has 15 heavy (non-hydrogen) atoms. The van der Waals surface area contributed by atoms with Gasteiger partial charge in [-0.15, -0.1) is 0 Å². The molecule has 0 bridgehead atoms. The molecule has 0 radical (unpaired) electrons. The molecule has 0 unspecified atom stereocenters. The number of ether oxygens (including phenoxy) is 1. The SMILES string of the molecule is COc1ccc(NC(=O)[C@@H](C)Br)cc1Cl. The fourth-order valence-corrected chi connectivity index (χ4v) is 1.36. The summed E-state index contributed by atoms with van der Waals surface area (Å²) in [6, 6.07) is 5.09. The van der Waals surface area contributed by atoms with Crippen molar-refractivity contribution in [1.29, 1.82) is 0 Å². The normalized spacial score (nSPS) is 12.0. The van der Waals surface area contributed by atoms with Gasteiger partial charge in [0.1, 0.15) is 5.75 Å². The largest absolute Gasteiger partial charge is 0.495 e. The van der Waals surface area contributed by atoms with Crippen LogP contribution in [0.2, 0.25) is 5.02 Å². The number of carbonyl (C=O) groups excluding carboxylic acids is 1. The molecular weight excluding hydrogens is 281 g/mol. The Balaban J connectivity index is 2.80. The lowest BCUT2D eigenvalue weighted by molar-refractivity contribution is -0.115. The van der Waals surface area contributed by atoms with Crippen LogP contribution in [0.5, 0.6) is 5.75 Å². The highest BCUT2D eigenvalue weighted by atomic mass is 79.9. The number of rotatable bonds is 3. The van der Waals surface area contributed by atoms with E-state index in [1.807, 2.05) is 0 Å². The summed E-state index contributed by atoms with van der Waals surface area (Å²) < 4.78 is 5.00. The molecule has 82 valence electrons. The zero-order valence-electron chi connectivity index (χ0n) is 8.38. The lowest BCUT2D eigenvalue weighted by Gasteiger charge is -2.08. The predicted molar refractivity (Wildman–Crippen MR) is 65.0 cm³/mol. The molecule has 1 aromatic carbocycles. The molecule has 0 aromatic heterocycles. The average Bonchev–Trinajstić information content (AvgIpc) is 2.18. The smallest absolute Gasteiger partial charge is 0.237 e. The van der Waals surface area contributed by atoms with Crippen LogP contribution in [0.15, 0.2) is 18.2 Å². The molecule has 1 aromatic rings. The standard InChI is InChI=1S/C10H11BrClNO2/c1-6(11)10(14)13-7-3-4-9(15-2)8(12)5-7/h3-6H,1-2H3,(H,13,14)/t6-/m1/s1. The molecule has 1 atom stereocenters. The van der Waals surface area contributed by atoms with E-state index in [4.69, 9.17) is 16.3 Å². The van der Waals surface area contributed by atoms with Crippen LogP contribution in [0.4, 0.5) is 5.69 Å². The number of alkyl halides is 1. The van der Waals surface area contributed by atoms with Crippen molar-refractivity contribution >= 4 is 39.1 Å². The molecule has 0 spiro atoms. The van der Waals surface area contributed by atoms with Crippen molar-refractivity contribution in [2.24, 2.45) is 0 Å². The molecule has 0 fully saturated rings. The number of benzene rings is 1. The summed E-state index contributed by atoms with van der Waals surface area (Å²) in [7, 11) is 1.54. The highest BCUT2D eigenvalue weighted by molar-refractivity contribution is 9.10. The van der Waals surface area contributed by atoms with Gasteiger partial charge >= 0.3 is 0 Å². The van der Waals surface area contributed by atoms with Crippen molar-refractivity contribution in [3.8, 4) is 5.75 Å². The van der Waals surface area contributed by atoms with Crippen LogP contribution in [0.3, 0.4) is 0 Å². The number of halogens is 2. The second-order valence-corrected chi connectivity index (χ2v) is 4.74. The Labute approximate surface area is 102 Å². The topological polar surface area (TPSA) is 38.3 Å². The molecule has 1 amide bonds. The van der Waals surface area contributed by atoms with E-state index in [0.29, 0.717) is 16.5 Å². The Hall–Kier alpha value is -0.740. The fourth-order valence-electron chi connectivity index (χ4n) is 0.986. The Morgan fingerprint density at radius 3 is 2.73 bits per heavy atom. The number of hydrogen-bond acceptors (Lipinski definition) is 2. The van der Waals surface area contributed by atoms with E-state index in [9.17, 15) is 4.79 Å². The van der Waals surface area contributed by atoms with E-state index < -0.39 is 0 Å². The number of carbonyl (C=O) groups is 1. The number of hydrogen-bond donors (Lipinski definition) is 1. The summed E-state index contributed by atoms with van der Waals surface area (Å²) in [4.78, 5) is 11.1. The third-order valence-corrected chi connectivity index (χ3v) is 2.49. The molecule has 0 aliphatic carbocycles. The van der Waals surface area contributed by atoms with Gasteiger partial charge in [-0.05, 0) is 25.1 Å². The van der Waals surface area contributed by atoms with Gasteiger partial charge in [0.2, 0.25) is 5.91 Å². The average molecular weight is 293 g/mol. The Bertz CT molecular complexity index is 368. The van der Waals surface area contributed by atoms with Gasteiger partial charge in [-0.3, -0.25) is 4.79 Å². The van der Waals surface area contributed by atoms with Crippen molar-refractivity contribution in [2.45, 2.75) is 11.8 Å². The Morgan fingerprint density at radius 1 is 1.60 bits per heavy atom. The van der Waals surface area contributed by atoms with Crippen LogP contribution in [-0.2, 0) is 4.79 Å². The van der Waals surface area contributed by atoms with Gasteiger partial charge in [-0.25, -0.2) is 0 Å². The van der Waals surface area contributed by atoms with E-state index in [0.717, 1.165) is 0 Å². The summed E-state index contributed by atoms with van der Waals surface area (Å²) in [5.74, 6) is 0.470. The van der Waals surface area contributed by atoms with Gasteiger partial charge in [-0.2, -0.15) is 0 Å². The molecule has 5 heteroatoms. The molecule has 3 nitrogen and oxygen atoms in total. The molecule has 0 aliphatic rings. The van der Waals surface area contributed by atoms with Gasteiger partial charge < -0.3 is 10.1 Å². The lowest BCUT2D eigenvalue weighted by Crippen LogP contribution is -2.19. The minimum Gasteiger partial charge on any atom is -0.495 e. The first-order chi connectivity index (χ1) is 7.04. The van der Waals surface area contributed by atoms with Crippen molar-refractivity contribution in [2.75, 3.05) is 12.4 Å². The monoisotopic (exact) mass is 291 g/mol. The van der Waals surface area contributed by atoms with Crippen LogP contribution in [-0.4, -0.2) is 17.8 Å². The van der Waals surface area contributed by atoms with E-state index in [1.54, 1.807) is 32.2 Å². The molecular formula is C10H11BrClNO2. The highest BCUT2D eigenvalue weighted by Crippen LogP contribution is 2.27. The summed E-state index contributed by atoms with van der Waals surface area (Å²) in [5, 5.41) is 3.18. The van der Waals surface area contributed by atoms with E-state index in [2.05, 4.69) is 21.2 Å². The minimum absolute atomic E-state index is 0.115. The van der Waals surface area contributed by atoms with Crippen molar-refractivity contribution in [1.82, 2.24) is 0 Å². The van der Waals surface area contributed by atoms with Crippen LogP contribution >= 0.6 is 27.5 Å². The van der Waals surface area contributed by atoms with Crippen molar-refractivity contribution in [3.63, 3.8) is 0 Å². The summed E-state index contributed by atoms with van der Waals surface area (Å²) >= 11 is 9.08. The first-order valence-corrected chi connectivity index (χ1v) is 5.62. The predicted octanol–water partition coefficient (Wildman–Crippen LogP) is 3.07. The van der Waals surface area contributed by atoms with Crippen LogP contribution in [0.25, 0.3) is 0 Å². The highest BCUT2D eigenvalue weighted by Gasteiger charge is 2.09. The van der Waals surface area contributed by atoms with Gasteiger partial charge in [-0.1, -0.05) is 27.5 Å². The molecule has 0 aliphatic heterocycles. The summed E-state index contributed by atoms with van der Waals surface area (Å²) in [5.41, 5.74) is 0.650. The van der Waals surface area contributed by atoms with Gasteiger partial charge in [0.25, 0.3) is 0 Å². The first kappa shape index (κ1) is 12.3. The van der Waals surface area contributed by atoms with Crippen molar-refractivity contribution in [3.05, 3.63) is 23.2 Å². The maximum atomic E-state index is 11.3. The van der Waals surface area contributed by atoms with Gasteiger partial charge in [0.05, 0.1) is 17.0 Å². The van der Waals surface area contributed by atoms with Crippen LogP contribution < -0.4 is 10.1 Å². The minimum atomic E-state index is -0.238.